The molecule has 0 aromatic rings. The highest BCUT2D eigenvalue weighted by Gasteiger charge is 2.38. The summed E-state index contributed by atoms with van der Waals surface area (Å²) in [6.07, 6.45) is 10.7. The van der Waals surface area contributed by atoms with Gasteiger partial charge in [-0.3, -0.25) is 4.90 Å². The van der Waals surface area contributed by atoms with Crippen molar-refractivity contribution in [3.8, 4) is 0 Å². The third-order valence-electron chi connectivity index (χ3n) is 5.66. The van der Waals surface area contributed by atoms with Crippen molar-refractivity contribution in [1.29, 1.82) is 0 Å². The molecule has 0 unspecified atom stereocenters. The average molecular weight is 296 g/mol. The molecule has 0 radical (unpaired) electrons. The first-order valence-electron chi connectivity index (χ1n) is 9.03. The first kappa shape index (κ1) is 15.7. The second-order valence-electron chi connectivity index (χ2n) is 7.01. The van der Waals surface area contributed by atoms with Crippen LogP contribution in [0.1, 0.15) is 51.4 Å². The van der Waals surface area contributed by atoms with Crippen molar-refractivity contribution in [1.82, 2.24) is 10.2 Å². The molecule has 4 nitrogen and oxygen atoms in total. The Morgan fingerprint density at radius 2 is 1.48 bits per heavy atom. The van der Waals surface area contributed by atoms with E-state index in [1.54, 1.807) is 0 Å². The molecule has 0 bridgehead atoms. The summed E-state index contributed by atoms with van der Waals surface area (Å²) >= 11 is 0. The van der Waals surface area contributed by atoms with Crippen LogP contribution in [0.2, 0.25) is 0 Å². The Balaban J connectivity index is 1.62. The van der Waals surface area contributed by atoms with Gasteiger partial charge in [-0.25, -0.2) is 0 Å². The fourth-order valence-electron chi connectivity index (χ4n) is 4.27. The van der Waals surface area contributed by atoms with Crippen molar-refractivity contribution >= 4 is 0 Å². The van der Waals surface area contributed by atoms with Gasteiger partial charge in [0, 0.05) is 44.4 Å². The molecule has 0 atom stereocenters. The summed E-state index contributed by atoms with van der Waals surface area (Å²) < 4.78 is 11.1. The van der Waals surface area contributed by atoms with E-state index < -0.39 is 0 Å². The van der Waals surface area contributed by atoms with E-state index in [1.165, 1.54) is 51.4 Å². The van der Waals surface area contributed by atoms with Gasteiger partial charge in [0.1, 0.15) is 0 Å². The normalized spacial score (nSPS) is 29.1. The Labute approximate surface area is 129 Å². The monoisotopic (exact) mass is 296 g/mol. The van der Waals surface area contributed by atoms with Crippen LogP contribution in [0, 0.1) is 0 Å². The van der Waals surface area contributed by atoms with Crippen LogP contribution in [0.5, 0.6) is 0 Å². The predicted octanol–water partition coefficient (Wildman–Crippen LogP) is 2.18. The van der Waals surface area contributed by atoms with Crippen molar-refractivity contribution in [2.45, 2.75) is 62.9 Å². The predicted molar refractivity (Wildman–Crippen MR) is 84.7 cm³/mol. The van der Waals surface area contributed by atoms with E-state index in [2.05, 4.69) is 10.2 Å². The number of hydrogen-bond acceptors (Lipinski definition) is 4. The Bertz CT molecular complexity index is 291. The highest BCUT2D eigenvalue weighted by molar-refractivity contribution is 4.95. The van der Waals surface area contributed by atoms with Crippen molar-refractivity contribution in [3.05, 3.63) is 0 Å². The van der Waals surface area contributed by atoms with Gasteiger partial charge in [-0.1, -0.05) is 25.7 Å². The molecule has 1 saturated carbocycles. The summed E-state index contributed by atoms with van der Waals surface area (Å²) in [6, 6.07) is 0.667. The van der Waals surface area contributed by atoms with Crippen molar-refractivity contribution in [2.75, 3.05) is 46.1 Å². The summed E-state index contributed by atoms with van der Waals surface area (Å²) in [4.78, 5) is 2.74. The van der Waals surface area contributed by atoms with Crippen LogP contribution in [0.25, 0.3) is 0 Å². The average Bonchev–Trinajstić information content (AvgIpc) is 2.81. The number of hydrogen-bond donors (Lipinski definition) is 1. The maximum atomic E-state index is 5.58. The summed E-state index contributed by atoms with van der Waals surface area (Å²) in [5.74, 6) is 0. The molecule has 122 valence electrons. The first-order valence-corrected chi connectivity index (χ1v) is 9.03. The second kappa shape index (κ2) is 7.91. The van der Waals surface area contributed by atoms with E-state index in [1.807, 2.05) is 0 Å². The third-order valence-corrected chi connectivity index (χ3v) is 5.66. The van der Waals surface area contributed by atoms with Gasteiger partial charge in [0.2, 0.25) is 0 Å². The van der Waals surface area contributed by atoms with Crippen LogP contribution in [0.3, 0.4) is 0 Å². The van der Waals surface area contributed by atoms with Crippen molar-refractivity contribution in [3.63, 3.8) is 0 Å². The van der Waals surface area contributed by atoms with Crippen LogP contribution in [0.4, 0.5) is 0 Å². The third kappa shape index (κ3) is 4.19. The lowest BCUT2D eigenvalue weighted by Gasteiger charge is -2.46. The maximum absolute atomic E-state index is 5.58. The largest absolute Gasteiger partial charge is 0.381 e. The highest BCUT2D eigenvalue weighted by Crippen LogP contribution is 2.33. The molecular weight excluding hydrogens is 264 g/mol. The molecule has 1 aliphatic carbocycles. The Hall–Kier alpha value is -0.160. The maximum Gasteiger partial charge on any atom is 0.0594 e. The zero-order chi connectivity index (χ0) is 14.4. The molecular formula is C17H32N2O2. The summed E-state index contributed by atoms with van der Waals surface area (Å²) in [5, 5.41) is 3.89. The van der Waals surface area contributed by atoms with Crippen LogP contribution in [-0.2, 0) is 9.47 Å². The lowest BCUT2D eigenvalue weighted by molar-refractivity contribution is -0.0311. The molecule has 21 heavy (non-hydrogen) atoms. The quantitative estimate of drug-likeness (QED) is 0.806. The van der Waals surface area contributed by atoms with E-state index >= 15 is 0 Å². The van der Waals surface area contributed by atoms with Crippen LogP contribution < -0.4 is 5.32 Å². The molecule has 2 aliphatic heterocycles. The lowest BCUT2D eigenvalue weighted by Crippen LogP contribution is -2.59. The minimum absolute atomic E-state index is 0.387. The molecule has 3 fully saturated rings. The molecule has 3 aliphatic rings. The van der Waals surface area contributed by atoms with Crippen molar-refractivity contribution in [2.24, 2.45) is 0 Å². The van der Waals surface area contributed by atoms with Crippen LogP contribution >= 0.6 is 0 Å². The Morgan fingerprint density at radius 1 is 0.857 bits per heavy atom. The van der Waals surface area contributed by atoms with Gasteiger partial charge in [-0.15, -0.1) is 0 Å². The summed E-state index contributed by atoms with van der Waals surface area (Å²) in [5.41, 5.74) is 0.387. The topological polar surface area (TPSA) is 33.7 Å². The van der Waals surface area contributed by atoms with Gasteiger partial charge in [-0.05, 0) is 25.7 Å². The van der Waals surface area contributed by atoms with E-state index in [4.69, 9.17) is 9.47 Å². The molecule has 1 N–H and O–H groups in total. The van der Waals surface area contributed by atoms with E-state index in [0.29, 0.717) is 11.6 Å². The second-order valence-corrected chi connectivity index (χ2v) is 7.01. The zero-order valence-corrected chi connectivity index (χ0v) is 13.4. The van der Waals surface area contributed by atoms with Gasteiger partial charge in [0.25, 0.3) is 0 Å². The van der Waals surface area contributed by atoms with Gasteiger partial charge < -0.3 is 14.8 Å². The molecule has 4 heteroatoms. The Kier molecular flexibility index (Phi) is 5.92. The minimum atomic E-state index is 0.387. The Morgan fingerprint density at radius 3 is 2.14 bits per heavy atom. The van der Waals surface area contributed by atoms with E-state index in [-0.39, 0.29) is 0 Å². The number of nitrogens with one attached hydrogen (secondary N) is 1. The number of rotatable bonds is 4. The first-order chi connectivity index (χ1) is 10.4. The SMILES string of the molecule is C1CCCC(CNC2CCOCC2)(N2CCOCC2)CC1. The summed E-state index contributed by atoms with van der Waals surface area (Å²) in [7, 11) is 0. The minimum Gasteiger partial charge on any atom is -0.381 e. The van der Waals surface area contributed by atoms with Gasteiger partial charge in [-0.2, -0.15) is 0 Å². The molecule has 3 rings (SSSR count). The lowest BCUT2D eigenvalue weighted by atomic mass is 9.87. The molecule has 0 spiro atoms. The number of ether oxygens (including phenoxy) is 2. The molecule has 2 heterocycles. The fourth-order valence-corrected chi connectivity index (χ4v) is 4.27. The highest BCUT2D eigenvalue weighted by atomic mass is 16.5. The van der Waals surface area contributed by atoms with Crippen LogP contribution in [-0.4, -0.2) is 62.5 Å². The van der Waals surface area contributed by atoms with Gasteiger partial charge in [0.15, 0.2) is 0 Å². The standard InChI is InChI=1S/C17H32N2O2/c1-2-4-8-17(7-3-1,19-9-13-21-14-10-19)15-18-16-5-11-20-12-6-16/h16,18H,1-15H2. The smallest absolute Gasteiger partial charge is 0.0594 e. The van der Waals surface area contributed by atoms with Crippen molar-refractivity contribution < 1.29 is 9.47 Å². The molecule has 0 amide bonds. The number of morpholine rings is 1. The van der Waals surface area contributed by atoms with E-state index in [0.717, 1.165) is 46.1 Å². The zero-order valence-electron chi connectivity index (χ0n) is 13.4. The van der Waals surface area contributed by atoms with Gasteiger partial charge >= 0.3 is 0 Å². The van der Waals surface area contributed by atoms with Crippen LogP contribution in [0.15, 0.2) is 0 Å². The van der Waals surface area contributed by atoms with Gasteiger partial charge in [0.05, 0.1) is 13.2 Å². The van der Waals surface area contributed by atoms with E-state index in [9.17, 15) is 0 Å². The summed E-state index contributed by atoms with van der Waals surface area (Å²) in [6.45, 7) is 7.10. The molecule has 0 aromatic carbocycles. The molecule has 2 saturated heterocycles. The molecule has 0 aromatic heterocycles. The fraction of sp³-hybridized carbons (Fsp3) is 1.00. The number of nitrogens with zero attached hydrogens (tertiary/aromatic N) is 1.